The van der Waals surface area contributed by atoms with Gasteiger partial charge in [-0.25, -0.2) is 8.42 Å². The molecule has 2 atom stereocenters. The van der Waals surface area contributed by atoms with Crippen molar-refractivity contribution in [3.05, 3.63) is 0 Å². The first-order chi connectivity index (χ1) is 6.87. The molecule has 0 bridgehead atoms. The van der Waals surface area contributed by atoms with Crippen molar-refractivity contribution in [3.63, 3.8) is 0 Å². The summed E-state index contributed by atoms with van der Waals surface area (Å²) in [6.45, 7) is 1.84. The van der Waals surface area contributed by atoms with Gasteiger partial charge in [-0.3, -0.25) is 4.79 Å². The molecule has 1 heterocycles. The Morgan fingerprint density at radius 2 is 2.20 bits per heavy atom. The molecule has 1 rings (SSSR count). The third kappa shape index (κ3) is 2.92. The van der Waals surface area contributed by atoms with Crippen molar-refractivity contribution >= 4 is 15.7 Å². The minimum Gasteiger partial charge on any atom is -0.340 e. The maximum atomic E-state index is 11.7. The lowest BCUT2D eigenvalue weighted by Crippen LogP contribution is -2.46. The average molecular weight is 234 g/mol. The normalized spacial score (nSPS) is 26.2. The molecule has 15 heavy (non-hydrogen) atoms. The molecule has 0 aromatic heterocycles. The van der Waals surface area contributed by atoms with Crippen molar-refractivity contribution in [2.24, 2.45) is 5.73 Å². The van der Waals surface area contributed by atoms with Gasteiger partial charge in [0.15, 0.2) is 9.84 Å². The van der Waals surface area contributed by atoms with Gasteiger partial charge in [-0.2, -0.15) is 0 Å². The summed E-state index contributed by atoms with van der Waals surface area (Å²) in [5.41, 5.74) is 5.61. The monoisotopic (exact) mass is 234 g/mol. The average Bonchev–Trinajstić information content (AvgIpc) is 2.55. The topological polar surface area (TPSA) is 80.5 Å². The van der Waals surface area contributed by atoms with Crippen LogP contribution in [0.15, 0.2) is 0 Å². The highest BCUT2D eigenvalue weighted by Gasteiger charge is 2.33. The van der Waals surface area contributed by atoms with Gasteiger partial charge in [-0.1, -0.05) is 6.92 Å². The minimum atomic E-state index is -2.94. The first kappa shape index (κ1) is 12.4. The Morgan fingerprint density at radius 1 is 1.60 bits per heavy atom. The molecule has 1 unspecified atom stereocenters. The molecular formula is C9H18N2O3S. The van der Waals surface area contributed by atoms with Crippen LogP contribution in [0.1, 0.15) is 19.8 Å². The van der Waals surface area contributed by atoms with Crippen molar-refractivity contribution in [2.75, 3.05) is 18.6 Å². The van der Waals surface area contributed by atoms with E-state index < -0.39 is 15.9 Å². The number of amides is 1. The quantitative estimate of drug-likeness (QED) is 0.705. The lowest BCUT2D eigenvalue weighted by Gasteiger charge is -2.25. The number of sulfone groups is 1. The number of hydrogen-bond acceptors (Lipinski definition) is 4. The molecule has 2 N–H and O–H groups in total. The summed E-state index contributed by atoms with van der Waals surface area (Å²) in [5.74, 6) is 0.0853. The third-order valence-electron chi connectivity index (χ3n) is 2.86. The first-order valence-electron chi connectivity index (χ1n) is 5.10. The molecule has 0 saturated carbocycles. The molecule has 0 aromatic rings. The van der Waals surface area contributed by atoms with Gasteiger partial charge in [-0.05, 0) is 12.8 Å². The number of likely N-dealkylation sites (N-methyl/N-ethyl adjacent to an activating group) is 1. The Hall–Kier alpha value is -0.620. The van der Waals surface area contributed by atoms with E-state index in [4.69, 9.17) is 5.73 Å². The molecule has 0 spiro atoms. The maximum absolute atomic E-state index is 11.7. The Morgan fingerprint density at radius 3 is 2.60 bits per heavy atom. The second kappa shape index (κ2) is 4.49. The fourth-order valence-electron chi connectivity index (χ4n) is 1.70. The first-order valence-corrected chi connectivity index (χ1v) is 6.92. The van der Waals surface area contributed by atoms with Crippen molar-refractivity contribution < 1.29 is 13.2 Å². The summed E-state index contributed by atoms with van der Waals surface area (Å²) in [6, 6.07) is -0.710. The van der Waals surface area contributed by atoms with Crippen molar-refractivity contribution in [1.29, 1.82) is 0 Å². The Balaban J connectivity index is 2.63. The van der Waals surface area contributed by atoms with Crippen LogP contribution in [-0.2, 0) is 14.6 Å². The van der Waals surface area contributed by atoms with Crippen LogP contribution in [-0.4, -0.2) is 49.9 Å². The van der Waals surface area contributed by atoms with E-state index in [9.17, 15) is 13.2 Å². The summed E-state index contributed by atoms with van der Waals surface area (Å²) >= 11 is 0. The molecule has 1 fully saturated rings. The SMILES string of the molecule is CC[C@H](N)C(=O)N(C)C1CCS(=O)(=O)C1. The number of rotatable bonds is 3. The van der Waals surface area contributed by atoms with Crippen LogP contribution in [0.25, 0.3) is 0 Å². The van der Waals surface area contributed by atoms with Gasteiger partial charge in [0, 0.05) is 13.1 Å². The van der Waals surface area contributed by atoms with Crippen molar-refractivity contribution in [1.82, 2.24) is 4.90 Å². The predicted molar refractivity (Wildman–Crippen MR) is 58.1 cm³/mol. The second-order valence-corrected chi connectivity index (χ2v) is 6.25. The molecule has 6 heteroatoms. The smallest absolute Gasteiger partial charge is 0.239 e. The fourth-order valence-corrected chi connectivity index (χ4v) is 3.47. The number of nitrogens with two attached hydrogens (primary N) is 1. The standard InChI is InChI=1S/C9H18N2O3S/c1-3-8(10)9(12)11(2)7-4-5-15(13,14)6-7/h7-8H,3-6,10H2,1-2H3/t7?,8-/m0/s1. The Kier molecular flexibility index (Phi) is 3.72. The summed E-state index contributed by atoms with van der Waals surface area (Å²) in [5, 5.41) is 0. The van der Waals surface area contributed by atoms with E-state index >= 15 is 0 Å². The van der Waals surface area contributed by atoms with E-state index in [2.05, 4.69) is 0 Å². The Bertz CT molecular complexity index is 339. The lowest BCUT2D eigenvalue weighted by atomic mass is 10.1. The predicted octanol–water partition coefficient (Wildman–Crippen LogP) is -0.631. The summed E-state index contributed by atoms with van der Waals surface area (Å²) in [6.07, 6.45) is 1.10. The molecule has 1 amide bonds. The lowest BCUT2D eigenvalue weighted by molar-refractivity contribution is -0.132. The molecule has 88 valence electrons. The zero-order chi connectivity index (χ0) is 11.6. The van der Waals surface area contributed by atoms with E-state index in [1.54, 1.807) is 7.05 Å². The number of carbonyl (C=O) groups excluding carboxylic acids is 1. The third-order valence-corrected chi connectivity index (χ3v) is 4.61. The van der Waals surface area contributed by atoms with Gasteiger partial charge in [0.1, 0.15) is 0 Å². The van der Waals surface area contributed by atoms with Gasteiger partial charge < -0.3 is 10.6 Å². The summed E-state index contributed by atoms with van der Waals surface area (Å²) < 4.78 is 22.5. The molecular weight excluding hydrogens is 216 g/mol. The minimum absolute atomic E-state index is 0.0751. The zero-order valence-electron chi connectivity index (χ0n) is 9.14. The summed E-state index contributed by atoms with van der Waals surface area (Å²) in [7, 11) is -1.31. The van der Waals surface area contributed by atoms with Crippen LogP contribution in [0.4, 0.5) is 0 Å². The zero-order valence-corrected chi connectivity index (χ0v) is 9.96. The van der Waals surface area contributed by atoms with E-state index in [0.717, 1.165) is 0 Å². The van der Waals surface area contributed by atoms with Gasteiger partial charge in [0.2, 0.25) is 5.91 Å². The van der Waals surface area contributed by atoms with Crippen LogP contribution in [0.3, 0.4) is 0 Å². The van der Waals surface area contributed by atoms with Crippen LogP contribution < -0.4 is 5.73 Å². The van der Waals surface area contributed by atoms with Crippen LogP contribution in [0, 0.1) is 0 Å². The molecule has 1 aliphatic rings. The molecule has 1 saturated heterocycles. The van der Waals surface area contributed by atoms with Gasteiger partial charge in [0.25, 0.3) is 0 Å². The van der Waals surface area contributed by atoms with E-state index in [1.165, 1.54) is 4.90 Å². The number of hydrogen-bond donors (Lipinski definition) is 1. The molecule has 1 aliphatic heterocycles. The van der Waals surface area contributed by atoms with E-state index in [-0.39, 0.29) is 23.5 Å². The molecule has 0 aromatic carbocycles. The highest BCUT2D eigenvalue weighted by Crippen LogP contribution is 2.17. The molecule has 0 aliphatic carbocycles. The van der Waals surface area contributed by atoms with Gasteiger partial charge >= 0.3 is 0 Å². The van der Waals surface area contributed by atoms with Crippen molar-refractivity contribution in [2.45, 2.75) is 31.8 Å². The van der Waals surface area contributed by atoms with Crippen LogP contribution in [0.2, 0.25) is 0 Å². The van der Waals surface area contributed by atoms with E-state index in [0.29, 0.717) is 12.8 Å². The summed E-state index contributed by atoms with van der Waals surface area (Å²) in [4.78, 5) is 13.2. The Labute approximate surface area is 90.5 Å². The van der Waals surface area contributed by atoms with Crippen molar-refractivity contribution in [3.8, 4) is 0 Å². The van der Waals surface area contributed by atoms with Gasteiger partial charge in [0.05, 0.1) is 17.5 Å². The van der Waals surface area contributed by atoms with Crippen LogP contribution >= 0.6 is 0 Å². The largest absolute Gasteiger partial charge is 0.340 e. The van der Waals surface area contributed by atoms with Gasteiger partial charge in [-0.15, -0.1) is 0 Å². The number of nitrogens with zero attached hydrogens (tertiary/aromatic N) is 1. The highest BCUT2D eigenvalue weighted by molar-refractivity contribution is 7.91. The highest BCUT2D eigenvalue weighted by atomic mass is 32.2. The second-order valence-electron chi connectivity index (χ2n) is 4.02. The van der Waals surface area contributed by atoms with Crippen LogP contribution in [0.5, 0.6) is 0 Å². The fraction of sp³-hybridized carbons (Fsp3) is 0.889. The molecule has 0 radical (unpaired) electrons. The molecule has 5 nitrogen and oxygen atoms in total. The maximum Gasteiger partial charge on any atom is 0.239 e. The number of carbonyl (C=O) groups is 1. The van der Waals surface area contributed by atoms with E-state index in [1.807, 2.05) is 6.92 Å².